The SMILES string of the molecule is CC(=O)C(C)NC(=O)c1ncncc1Br. The van der Waals surface area contributed by atoms with E-state index in [1.54, 1.807) is 6.92 Å². The molecule has 0 bridgehead atoms. The highest BCUT2D eigenvalue weighted by Gasteiger charge is 2.16. The van der Waals surface area contributed by atoms with Crippen LogP contribution in [0.3, 0.4) is 0 Å². The van der Waals surface area contributed by atoms with E-state index in [0.29, 0.717) is 4.47 Å². The first-order valence-corrected chi connectivity index (χ1v) is 5.08. The average molecular weight is 272 g/mol. The van der Waals surface area contributed by atoms with Gasteiger partial charge in [0.2, 0.25) is 0 Å². The van der Waals surface area contributed by atoms with Crippen molar-refractivity contribution < 1.29 is 9.59 Å². The molecular weight excluding hydrogens is 262 g/mol. The Labute approximate surface area is 95.4 Å². The van der Waals surface area contributed by atoms with Crippen molar-refractivity contribution in [2.24, 2.45) is 0 Å². The molecule has 1 atom stereocenters. The predicted molar refractivity (Wildman–Crippen MR) is 57.3 cm³/mol. The van der Waals surface area contributed by atoms with Crippen LogP contribution in [-0.2, 0) is 4.79 Å². The van der Waals surface area contributed by atoms with Gasteiger partial charge in [-0.25, -0.2) is 9.97 Å². The van der Waals surface area contributed by atoms with Gasteiger partial charge in [-0.05, 0) is 29.8 Å². The van der Waals surface area contributed by atoms with Gasteiger partial charge in [0.15, 0.2) is 5.78 Å². The Kier molecular flexibility index (Phi) is 3.90. The molecule has 6 heteroatoms. The molecule has 5 nitrogen and oxygen atoms in total. The summed E-state index contributed by atoms with van der Waals surface area (Å²) in [5.41, 5.74) is 0.220. The van der Waals surface area contributed by atoms with Gasteiger partial charge < -0.3 is 5.32 Å². The van der Waals surface area contributed by atoms with E-state index in [0.717, 1.165) is 0 Å². The summed E-state index contributed by atoms with van der Waals surface area (Å²) in [6.07, 6.45) is 2.75. The molecule has 0 radical (unpaired) electrons. The molecule has 0 fully saturated rings. The second-order valence-electron chi connectivity index (χ2n) is 3.03. The Balaban J connectivity index is 2.78. The molecule has 0 aromatic carbocycles. The van der Waals surface area contributed by atoms with Gasteiger partial charge >= 0.3 is 0 Å². The maximum atomic E-state index is 11.6. The summed E-state index contributed by atoms with van der Waals surface area (Å²) in [5.74, 6) is -0.500. The fourth-order valence-corrected chi connectivity index (χ4v) is 1.25. The van der Waals surface area contributed by atoms with Crippen molar-refractivity contribution in [3.63, 3.8) is 0 Å². The Hall–Kier alpha value is -1.30. The van der Waals surface area contributed by atoms with Gasteiger partial charge in [0.05, 0.1) is 10.5 Å². The summed E-state index contributed by atoms with van der Waals surface area (Å²) >= 11 is 3.15. The quantitative estimate of drug-likeness (QED) is 0.889. The first-order valence-electron chi connectivity index (χ1n) is 4.29. The third kappa shape index (κ3) is 3.09. The maximum absolute atomic E-state index is 11.6. The molecule has 15 heavy (non-hydrogen) atoms. The van der Waals surface area contributed by atoms with E-state index in [4.69, 9.17) is 0 Å². The summed E-state index contributed by atoms with van der Waals surface area (Å²) in [6.45, 7) is 3.04. The summed E-state index contributed by atoms with van der Waals surface area (Å²) in [5, 5.41) is 2.53. The van der Waals surface area contributed by atoms with Gasteiger partial charge in [-0.1, -0.05) is 0 Å². The van der Waals surface area contributed by atoms with Crippen molar-refractivity contribution in [3.05, 3.63) is 22.7 Å². The molecule has 0 aliphatic carbocycles. The normalized spacial score (nSPS) is 11.9. The number of amides is 1. The molecule has 0 saturated carbocycles. The zero-order valence-electron chi connectivity index (χ0n) is 8.32. The van der Waals surface area contributed by atoms with Crippen LogP contribution >= 0.6 is 15.9 Å². The van der Waals surface area contributed by atoms with E-state index in [1.807, 2.05) is 0 Å². The van der Waals surface area contributed by atoms with Crippen LogP contribution in [0.4, 0.5) is 0 Å². The van der Waals surface area contributed by atoms with Crippen molar-refractivity contribution in [1.29, 1.82) is 0 Å². The number of nitrogens with one attached hydrogen (secondary N) is 1. The molecule has 1 aromatic rings. The molecule has 80 valence electrons. The topological polar surface area (TPSA) is 72.0 Å². The highest BCUT2D eigenvalue weighted by molar-refractivity contribution is 9.10. The Morgan fingerprint density at radius 3 is 2.73 bits per heavy atom. The van der Waals surface area contributed by atoms with Crippen LogP contribution in [0.15, 0.2) is 17.0 Å². The third-order valence-electron chi connectivity index (χ3n) is 1.84. The largest absolute Gasteiger partial charge is 0.341 e. The monoisotopic (exact) mass is 271 g/mol. The molecule has 0 aliphatic rings. The second-order valence-corrected chi connectivity index (χ2v) is 3.88. The number of carbonyl (C=O) groups excluding carboxylic acids is 2. The standard InChI is InChI=1S/C9H10BrN3O2/c1-5(6(2)14)13-9(15)8-7(10)3-11-4-12-8/h3-5H,1-2H3,(H,13,15). The number of Topliss-reactive ketones (excluding diaryl/α,β-unsaturated/α-hetero) is 1. The molecule has 1 heterocycles. The summed E-state index contributed by atoms with van der Waals surface area (Å²) in [6, 6.07) is -0.514. The predicted octanol–water partition coefficient (Wildman–Crippen LogP) is 0.946. The van der Waals surface area contributed by atoms with Crippen molar-refractivity contribution in [2.75, 3.05) is 0 Å². The molecule has 0 saturated heterocycles. The van der Waals surface area contributed by atoms with Crippen molar-refractivity contribution in [3.8, 4) is 0 Å². The Morgan fingerprint density at radius 1 is 1.53 bits per heavy atom. The highest BCUT2D eigenvalue weighted by Crippen LogP contribution is 2.11. The minimum Gasteiger partial charge on any atom is -0.341 e. The highest BCUT2D eigenvalue weighted by atomic mass is 79.9. The first kappa shape index (κ1) is 11.8. The number of ketones is 1. The van der Waals surface area contributed by atoms with Gasteiger partial charge in [-0.3, -0.25) is 9.59 Å². The maximum Gasteiger partial charge on any atom is 0.271 e. The van der Waals surface area contributed by atoms with Crippen LogP contribution in [0.5, 0.6) is 0 Å². The number of aromatic nitrogens is 2. The van der Waals surface area contributed by atoms with Crippen LogP contribution in [-0.4, -0.2) is 27.7 Å². The fraction of sp³-hybridized carbons (Fsp3) is 0.333. The lowest BCUT2D eigenvalue weighted by Crippen LogP contribution is -2.37. The molecular formula is C9H10BrN3O2. The molecule has 0 aliphatic heterocycles. The minimum atomic E-state index is -0.514. The number of nitrogens with zero attached hydrogens (tertiary/aromatic N) is 2. The zero-order chi connectivity index (χ0) is 11.4. The van der Waals surface area contributed by atoms with E-state index < -0.39 is 11.9 Å². The minimum absolute atomic E-state index is 0.103. The summed E-state index contributed by atoms with van der Waals surface area (Å²) < 4.78 is 0.498. The van der Waals surface area contributed by atoms with Crippen molar-refractivity contribution >= 4 is 27.6 Å². The van der Waals surface area contributed by atoms with E-state index >= 15 is 0 Å². The second kappa shape index (κ2) is 4.97. The van der Waals surface area contributed by atoms with Gasteiger partial charge in [0, 0.05) is 6.20 Å². The van der Waals surface area contributed by atoms with Crippen LogP contribution in [0.1, 0.15) is 24.3 Å². The van der Waals surface area contributed by atoms with E-state index in [9.17, 15) is 9.59 Å². The van der Waals surface area contributed by atoms with Gasteiger partial charge in [-0.2, -0.15) is 0 Å². The van der Waals surface area contributed by atoms with Crippen LogP contribution in [0.2, 0.25) is 0 Å². The third-order valence-corrected chi connectivity index (χ3v) is 2.42. The summed E-state index contributed by atoms with van der Waals surface area (Å²) in [4.78, 5) is 30.1. The Morgan fingerprint density at radius 2 is 2.20 bits per heavy atom. The number of halogens is 1. The molecule has 1 rings (SSSR count). The smallest absolute Gasteiger partial charge is 0.271 e. The summed E-state index contributed by atoms with van der Waals surface area (Å²) in [7, 11) is 0. The van der Waals surface area contributed by atoms with Crippen LogP contribution in [0.25, 0.3) is 0 Å². The fourth-order valence-electron chi connectivity index (χ4n) is 0.846. The number of hydrogen-bond donors (Lipinski definition) is 1. The van der Waals surface area contributed by atoms with Crippen molar-refractivity contribution in [2.45, 2.75) is 19.9 Å². The average Bonchev–Trinajstić information content (AvgIpc) is 2.18. The van der Waals surface area contributed by atoms with Crippen LogP contribution in [0, 0.1) is 0 Å². The van der Waals surface area contributed by atoms with Crippen LogP contribution < -0.4 is 5.32 Å². The number of carbonyl (C=O) groups is 2. The van der Waals surface area contributed by atoms with E-state index in [2.05, 4.69) is 31.2 Å². The molecule has 1 amide bonds. The molecule has 1 unspecified atom stereocenters. The molecule has 0 spiro atoms. The lowest BCUT2D eigenvalue weighted by atomic mass is 10.2. The van der Waals surface area contributed by atoms with Gasteiger partial charge in [0.1, 0.15) is 12.0 Å². The number of rotatable bonds is 3. The number of hydrogen-bond acceptors (Lipinski definition) is 4. The molecule has 1 N–H and O–H groups in total. The zero-order valence-corrected chi connectivity index (χ0v) is 9.91. The lowest BCUT2D eigenvalue weighted by molar-refractivity contribution is -0.118. The first-order chi connectivity index (χ1) is 7.02. The van der Waals surface area contributed by atoms with E-state index in [-0.39, 0.29) is 11.5 Å². The molecule has 1 aromatic heterocycles. The lowest BCUT2D eigenvalue weighted by Gasteiger charge is -2.10. The Bertz CT molecular complexity index is 395. The van der Waals surface area contributed by atoms with Crippen molar-refractivity contribution in [1.82, 2.24) is 15.3 Å². The van der Waals surface area contributed by atoms with E-state index in [1.165, 1.54) is 19.4 Å². The van der Waals surface area contributed by atoms with Gasteiger partial charge in [-0.15, -0.1) is 0 Å². The van der Waals surface area contributed by atoms with Gasteiger partial charge in [0.25, 0.3) is 5.91 Å².